The van der Waals surface area contributed by atoms with Crippen LogP contribution in [0.15, 0.2) is 42.7 Å². The van der Waals surface area contributed by atoms with Crippen molar-refractivity contribution in [1.82, 2.24) is 29.0 Å². The van der Waals surface area contributed by atoms with Crippen molar-refractivity contribution in [3.8, 4) is 11.3 Å². The molecule has 6 rings (SSSR count). The van der Waals surface area contributed by atoms with E-state index in [2.05, 4.69) is 15.4 Å². The van der Waals surface area contributed by atoms with Crippen molar-refractivity contribution in [3.63, 3.8) is 0 Å². The maximum atomic E-state index is 12.7. The molecule has 10 heteroatoms. The van der Waals surface area contributed by atoms with Gasteiger partial charge in [-0.3, -0.25) is 18.7 Å². The van der Waals surface area contributed by atoms with Crippen LogP contribution in [0.3, 0.4) is 0 Å². The van der Waals surface area contributed by atoms with Crippen molar-refractivity contribution in [1.29, 1.82) is 0 Å². The summed E-state index contributed by atoms with van der Waals surface area (Å²) in [7, 11) is 1.83. The first kappa shape index (κ1) is 22.3. The second-order valence-electron chi connectivity index (χ2n) is 9.69. The summed E-state index contributed by atoms with van der Waals surface area (Å²) in [5, 5.41) is 7.12. The minimum atomic E-state index is -0.233. The number of imidazole rings is 1. The number of benzene rings is 1. The van der Waals surface area contributed by atoms with E-state index in [0.29, 0.717) is 36.2 Å². The van der Waals surface area contributed by atoms with Crippen molar-refractivity contribution in [2.75, 3.05) is 17.6 Å². The minimum Gasteiger partial charge on any atom is -0.382 e. The molecule has 3 N–H and O–H groups in total. The lowest BCUT2D eigenvalue weighted by molar-refractivity contribution is -0.130. The van der Waals surface area contributed by atoms with E-state index in [1.54, 1.807) is 23.0 Å². The van der Waals surface area contributed by atoms with Crippen LogP contribution >= 0.6 is 0 Å². The Morgan fingerprint density at radius 1 is 1.17 bits per heavy atom. The smallest absolute Gasteiger partial charge is 0.256 e. The summed E-state index contributed by atoms with van der Waals surface area (Å²) in [6.07, 6.45) is 7.11. The first-order chi connectivity index (χ1) is 17.4. The number of aromatic nitrogens is 5. The maximum absolute atomic E-state index is 12.7. The summed E-state index contributed by atoms with van der Waals surface area (Å²) in [5.74, 6) is 1.92. The molecule has 0 aliphatic carbocycles. The molecule has 0 bridgehead atoms. The number of aryl methyl sites for hydroxylation is 2. The monoisotopic (exact) mass is 484 g/mol. The number of anilines is 2. The Bertz CT molecular complexity index is 1470. The molecule has 0 spiro atoms. The van der Waals surface area contributed by atoms with Crippen LogP contribution < -0.4 is 11.1 Å². The van der Waals surface area contributed by atoms with Gasteiger partial charge in [-0.1, -0.05) is 12.1 Å². The zero-order valence-electron chi connectivity index (χ0n) is 20.3. The Balaban J connectivity index is 1.31. The molecule has 3 aromatic heterocycles. The number of rotatable bonds is 4. The molecule has 2 aliphatic rings. The molecule has 2 amide bonds. The first-order valence-electron chi connectivity index (χ1n) is 12.2. The van der Waals surface area contributed by atoms with Gasteiger partial charge in [-0.15, -0.1) is 0 Å². The van der Waals surface area contributed by atoms with Gasteiger partial charge in [0.05, 0.1) is 0 Å². The number of fused-ring (bicyclic) bond motifs is 2. The molecule has 1 aromatic carbocycles. The van der Waals surface area contributed by atoms with E-state index >= 15 is 0 Å². The van der Waals surface area contributed by atoms with Crippen LogP contribution in [0.2, 0.25) is 0 Å². The molecule has 2 aliphatic heterocycles. The Morgan fingerprint density at radius 3 is 2.72 bits per heavy atom. The summed E-state index contributed by atoms with van der Waals surface area (Å²) in [4.78, 5) is 36.5. The Labute approximate surface area is 208 Å². The van der Waals surface area contributed by atoms with Gasteiger partial charge < -0.3 is 16.0 Å². The molecular weight excluding hydrogens is 456 g/mol. The van der Waals surface area contributed by atoms with Crippen LogP contribution in [0.4, 0.5) is 11.6 Å². The van der Waals surface area contributed by atoms with E-state index in [4.69, 9.17) is 10.7 Å². The Kier molecular flexibility index (Phi) is 5.24. The van der Waals surface area contributed by atoms with E-state index < -0.39 is 0 Å². The molecule has 5 heterocycles. The van der Waals surface area contributed by atoms with Crippen LogP contribution in [0, 0.1) is 6.92 Å². The number of nitrogen functional groups attached to an aromatic ring is 1. The van der Waals surface area contributed by atoms with Crippen LogP contribution in [0.25, 0.3) is 16.8 Å². The first-order valence-corrected chi connectivity index (χ1v) is 12.2. The summed E-state index contributed by atoms with van der Waals surface area (Å²) in [6.45, 7) is 2.60. The fourth-order valence-electron chi connectivity index (χ4n) is 5.44. The average molecular weight is 485 g/mol. The molecule has 36 heavy (non-hydrogen) atoms. The molecule has 184 valence electrons. The molecule has 4 aromatic rings. The fraction of sp³-hybridized carbons (Fsp3) is 0.346. The molecule has 10 nitrogen and oxygen atoms in total. The van der Waals surface area contributed by atoms with E-state index in [1.807, 2.05) is 47.7 Å². The standard InChI is InChI=1S/C26H28N8O2/c1-15-13-20(31-32(15)2)29-26(36)17-5-3-16(4-6-17)22-23-24(27)28-11-12-33(23)25(30-22)18-7-8-19-9-10-21(35)34(19)14-18/h3-6,11-13,18-19H,7-10,14H2,1-2H3,(H2,27,28)(H,29,31,36)/t18-,19+/m1/s1. The number of nitrogens with one attached hydrogen (secondary N) is 1. The maximum Gasteiger partial charge on any atom is 0.256 e. The van der Waals surface area contributed by atoms with Crippen molar-refractivity contribution in [2.24, 2.45) is 7.05 Å². The minimum absolute atomic E-state index is 0.123. The predicted octanol–water partition coefficient (Wildman–Crippen LogP) is 3.14. The number of carbonyl (C=O) groups is 2. The van der Waals surface area contributed by atoms with E-state index in [-0.39, 0.29) is 17.7 Å². The number of piperidine rings is 1. The van der Waals surface area contributed by atoms with Gasteiger partial charge in [0.25, 0.3) is 5.91 Å². The third-order valence-corrected chi connectivity index (χ3v) is 7.47. The van der Waals surface area contributed by atoms with Gasteiger partial charge in [-0.2, -0.15) is 5.10 Å². The molecule has 0 unspecified atom stereocenters. The third kappa shape index (κ3) is 3.69. The molecule has 0 saturated carbocycles. The third-order valence-electron chi connectivity index (χ3n) is 7.47. The van der Waals surface area contributed by atoms with Crippen LogP contribution in [0.1, 0.15) is 53.5 Å². The van der Waals surface area contributed by atoms with Crippen molar-refractivity contribution >= 4 is 29.0 Å². The number of hydrogen-bond acceptors (Lipinski definition) is 6. The topological polar surface area (TPSA) is 123 Å². The summed E-state index contributed by atoms with van der Waals surface area (Å²) >= 11 is 0. The predicted molar refractivity (Wildman–Crippen MR) is 135 cm³/mol. The number of nitrogens with zero attached hydrogens (tertiary/aromatic N) is 6. The van der Waals surface area contributed by atoms with Gasteiger partial charge in [0.15, 0.2) is 5.82 Å². The van der Waals surface area contributed by atoms with Gasteiger partial charge in [0, 0.05) is 67.3 Å². The molecule has 2 fully saturated rings. The van der Waals surface area contributed by atoms with Gasteiger partial charge in [0.1, 0.15) is 22.9 Å². The SMILES string of the molecule is Cc1cc(NC(=O)c2ccc(-c3nc([C@@H]4CC[C@H]5CCC(=O)N5C4)n4ccnc(N)c34)cc2)nn1C. The molecule has 2 atom stereocenters. The lowest BCUT2D eigenvalue weighted by Crippen LogP contribution is -2.41. The molecule has 0 radical (unpaired) electrons. The van der Waals surface area contributed by atoms with E-state index in [1.165, 1.54) is 0 Å². The van der Waals surface area contributed by atoms with Crippen molar-refractivity contribution in [2.45, 2.75) is 44.6 Å². The molecular formula is C26H28N8O2. The highest BCUT2D eigenvalue weighted by molar-refractivity contribution is 6.04. The Morgan fingerprint density at radius 2 is 1.97 bits per heavy atom. The summed E-state index contributed by atoms with van der Waals surface area (Å²) < 4.78 is 3.72. The lowest BCUT2D eigenvalue weighted by Gasteiger charge is -2.34. The Hall–Kier alpha value is -4.21. The summed E-state index contributed by atoms with van der Waals surface area (Å²) in [6, 6.07) is 9.47. The zero-order valence-corrected chi connectivity index (χ0v) is 20.3. The zero-order chi connectivity index (χ0) is 25.0. The highest BCUT2D eigenvalue weighted by atomic mass is 16.2. The van der Waals surface area contributed by atoms with Crippen LogP contribution in [-0.2, 0) is 11.8 Å². The largest absolute Gasteiger partial charge is 0.382 e. The van der Waals surface area contributed by atoms with Gasteiger partial charge in [-0.05, 0) is 38.3 Å². The normalized spacial score (nSPS) is 19.6. The van der Waals surface area contributed by atoms with Gasteiger partial charge in [-0.25, -0.2) is 9.97 Å². The summed E-state index contributed by atoms with van der Waals surface area (Å²) in [5.41, 5.74) is 10.1. The van der Waals surface area contributed by atoms with E-state index in [9.17, 15) is 9.59 Å². The highest BCUT2D eigenvalue weighted by Crippen LogP contribution is 2.38. The highest BCUT2D eigenvalue weighted by Gasteiger charge is 2.38. The molecule has 2 saturated heterocycles. The average Bonchev–Trinajstić information content (AvgIpc) is 3.54. The number of nitrogens with two attached hydrogens (primary N) is 1. The van der Waals surface area contributed by atoms with Gasteiger partial charge in [0.2, 0.25) is 5.91 Å². The number of carbonyl (C=O) groups excluding carboxylic acids is 2. The lowest BCUT2D eigenvalue weighted by atomic mass is 9.92. The second kappa shape index (κ2) is 8.47. The quantitative estimate of drug-likeness (QED) is 0.459. The van der Waals surface area contributed by atoms with Gasteiger partial charge >= 0.3 is 0 Å². The second-order valence-corrected chi connectivity index (χ2v) is 9.69. The number of hydrogen-bond donors (Lipinski definition) is 2. The number of amides is 2. The van der Waals surface area contributed by atoms with Crippen molar-refractivity contribution in [3.05, 3.63) is 59.8 Å². The van der Waals surface area contributed by atoms with Crippen molar-refractivity contribution < 1.29 is 9.59 Å². The fourth-order valence-corrected chi connectivity index (χ4v) is 5.44. The van der Waals surface area contributed by atoms with Crippen LogP contribution in [0.5, 0.6) is 0 Å². The van der Waals surface area contributed by atoms with Crippen LogP contribution in [-0.4, -0.2) is 53.5 Å². The van der Waals surface area contributed by atoms with E-state index in [0.717, 1.165) is 47.6 Å².